The van der Waals surface area contributed by atoms with E-state index in [1.165, 1.54) is 12.1 Å². The van der Waals surface area contributed by atoms with Gasteiger partial charge in [-0.15, -0.1) is 0 Å². The largest absolute Gasteiger partial charge is 0.457 e. The molecule has 0 aliphatic rings. The van der Waals surface area contributed by atoms with Crippen molar-refractivity contribution in [2.24, 2.45) is 0 Å². The number of hydrogen-bond acceptors (Lipinski definition) is 2. The van der Waals surface area contributed by atoms with Gasteiger partial charge < -0.3 is 4.74 Å². The molecule has 0 aliphatic heterocycles. The van der Waals surface area contributed by atoms with Gasteiger partial charge in [0, 0.05) is 5.56 Å². The monoisotopic (exact) mass is 230 g/mol. The number of aldehydes is 1. The molecule has 2 aromatic carbocycles. The van der Waals surface area contributed by atoms with E-state index in [9.17, 15) is 9.18 Å². The van der Waals surface area contributed by atoms with E-state index >= 15 is 0 Å². The molecule has 0 aliphatic carbocycles. The zero-order chi connectivity index (χ0) is 12.3. The highest BCUT2D eigenvalue weighted by atomic mass is 19.1. The zero-order valence-electron chi connectivity index (χ0n) is 9.31. The van der Waals surface area contributed by atoms with Crippen molar-refractivity contribution in [2.45, 2.75) is 6.92 Å². The predicted octanol–water partition coefficient (Wildman–Crippen LogP) is 3.74. The molecular weight excluding hydrogens is 219 g/mol. The van der Waals surface area contributed by atoms with Crippen LogP contribution >= 0.6 is 0 Å². The smallest absolute Gasteiger partial charge is 0.150 e. The molecule has 86 valence electrons. The number of halogens is 1. The highest BCUT2D eigenvalue weighted by molar-refractivity contribution is 5.75. The van der Waals surface area contributed by atoms with Gasteiger partial charge in [0.2, 0.25) is 0 Å². The lowest BCUT2D eigenvalue weighted by molar-refractivity contribution is 0.112. The average Bonchev–Trinajstić information content (AvgIpc) is 2.34. The summed E-state index contributed by atoms with van der Waals surface area (Å²) < 4.78 is 18.3. The molecule has 0 bridgehead atoms. The van der Waals surface area contributed by atoms with Gasteiger partial charge in [0.05, 0.1) is 0 Å². The maximum atomic E-state index is 12.7. The Bertz CT molecular complexity index is 532. The van der Waals surface area contributed by atoms with Crippen LogP contribution in [0, 0.1) is 12.7 Å². The molecule has 0 saturated heterocycles. The number of rotatable bonds is 3. The molecule has 2 nitrogen and oxygen atoms in total. The summed E-state index contributed by atoms with van der Waals surface area (Å²) in [5.74, 6) is 0.918. The topological polar surface area (TPSA) is 26.3 Å². The number of hydrogen-bond donors (Lipinski definition) is 0. The van der Waals surface area contributed by atoms with Crippen LogP contribution in [0.5, 0.6) is 11.5 Å². The van der Waals surface area contributed by atoms with Crippen molar-refractivity contribution >= 4 is 6.29 Å². The number of benzene rings is 2. The first kappa shape index (κ1) is 11.3. The van der Waals surface area contributed by atoms with Crippen LogP contribution in [0.2, 0.25) is 0 Å². The molecule has 3 heteroatoms. The molecule has 0 atom stereocenters. The van der Waals surface area contributed by atoms with E-state index in [2.05, 4.69) is 0 Å². The lowest BCUT2D eigenvalue weighted by Gasteiger charge is -2.08. The molecule has 0 heterocycles. The van der Waals surface area contributed by atoms with Crippen molar-refractivity contribution in [3.8, 4) is 11.5 Å². The number of aryl methyl sites for hydroxylation is 1. The summed E-state index contributed by atoms with van der Waals surface area (Å²) in [4.78, 5) is 10.6. The third-order valence-corrected chi connectivity index (χ3v) is 2.38. The van der Waals surface area contributed by atoms with E-state index in [1.54, 1.807) is 30.3 Å². The summed E-state index contributed by atoms with van der Waals surface area (Å²) >= 11 is 0. The van der Waals surface area contributed by atoms with E-state index in [1.807, 2.05) is 6.92 Å². The van der Waals surface area contributed by atoms with Gasteiger partial charge in [0.25, 0.3) is 0 Å². The fraction of sp³-hybridized carbons (Fsp3) is 0.0714. The molecule has 2 aromatic rings. The number of carbonyl (C=O) groups excluding carboxylic acids is 1. The molecule has 0 unspecified atom stereocenters. The van der Waals surface area contributed by atoms with E-state index in [0.717, 1.165) is 11.8 Å². The van der Waals surface area contributed by atoms with Gasteiger partial charge in [-0.25, -0.2) is 4.39 Å². The van der Waals surface area contributed by atoms with Gasteiger partial charge in [-0.05, 0) is 55.0 Å². The molecule has 0 saturated carbocycles. The van der Waals surface area contributed by atoms with Crippen LogP contribution in [0.15, 0.2) is 42.5 Å². The Labute approximate surface area is 98.7 Å². The Kier molecular flexibility index (Phi) is 3.19. The van der Waals surface area contributed by atoms with Crippen LogP contribution in [-0.2, 0) is 0 Å². The molecule has 0 amide bonds. The van der Waals surface area contributed by atoms with Crippen molar-refractivity contribution in [2.75, 3.05) is 0 Å². The third-order valence-electron chi connectivity index (χ3n) is 2.38. The van der Waals surface area contributed by atoms with Gasteiger partial charge in [-0.1, -0.05) is 0 Å². The SMILES string of the molecule is Cc1cc(C=O)ccc1Oc1ccc(F)cc1. The van der Waals surface area contributed by atoms with E-state index in [4.69, 9.17) is 4.74 Å². The van der Waals surface area contributed by atoms with Gasteiger partial charge in [-0.3, -0.25) is 4.79 Å². The zero-order valence-corrected chi connectivity index (χ0v) is 9.31. The first-order valence-corrected chi connectivity index (χ1v) is 5.18. The van der Waals surface area contributed by atoms with Crippen LogP contribution in [0.25, 0.3) is 0 Å². The van der Waals surface area contributed by atoms with E-state index < -0.39 is 0 Å². The van der Waals surface area contributed by atoms with Crippen LogP contribution in [0.3, 0.4) is 0 Å². The molecule has 17 heavy (non-hydrogen) atoms. The fourth-order valence-corrected chi connectivity index (χ4v) is 1.49. The predicted molar refractivity (Wildman–Crippen MR) is 63.0 cm³/mol. The van der Waals surface area contributed by atoms with Crippen molar-refractivity contribution in [3.05, 3.63) is 59.4 Å². The first-order valence-electron chi connectivity index (χ1n) is 5.18. The minimum atomic E-state index is -0.301. The number of ether oxygens (including phenoxy) is 1. The van der Waals surface area contributed by atoms with Gasteiger partial charge >= 0.3 is 0 Å². The third kappa shape index (κ3) is 2.69. The second kappa shape index (κ2) is 4.78. The highest BCUT2D eigenvalue weighted by Gasteiger charge is 2.02. The lowest BCUT2D eigenvalue weighted by atomic mass is 10.1. The summed E-state index contributed by atoms with van der Waals surface area (Å²) in [7, 11) is 0. The number of carbonyl (C=O) groups is 1. The van der Waals surface area contributed by atoms with Gasteiger partial charge in [0.15, 0.2) is 0 Å². The minimum Gasteiger partial charge on any atom is -0.457 e. The Morgan fingerprint density at radius 1 is 1.12 bits per heavy atom. The fourth-order valence-electron chi connectivity index (χ4n) is 1.49. The minimum absolute atomic E-state index is 0.301. The quantitative estimate of drug-likeness (QED) is 0.751. The second-order valence-corrected chi connectivity index (χ2v) is 3.70. The standard InChI is InChI=1S/C14H11FO2/c1-10-8-11(9-16)2-7-14(10)17-13-5-3-12(15)4-6-13/h2-9H,1H3. The summed E-state index contributed by atoms with van der Waals surface area (Å²) in [6.07, 6.45) is 0.786. The normalized spacial score (nSPS) is 10.0. The maximum Gasteiger partial charge on any atom is 0.150 e. The van der Waals surface area contributed by atoms with Crippen LogP contribution in [-0.4, -0.2) is 6.29 Å². The average molecular weight is 230 g/mol. The van der Waals surface area contributed by atoms with Crippen LogP contribution in [0.1, 0.15) is 15.9 Å². The van der Waals surface area contributed by atoms with E-state index in [0.29, 0.717) is 17.1 Å². The summed E-state index contributed by atoms with van der Waals surface area (Å²) in [6.45, 7) is 1.85. The maximum absolute atomic E-state index is 12.7. The van der Waals surface area contributed by atoms with Crippen molar-refractivity contribution in [1.29, 1.82) is 0 Å². The Hall–Kier alpha value is -2.16. The van der Waals surface area contributed by atoms with E-state index in [-0.39, 0.29) is 5.82 Å². The summed E-state index contributed by atoms with van der Waals surface area (Å²) in [6, 6.07) is 10.9. The van der Waals surface area contributed by atoms with Gasteiger partial charge in [-0.2, -0.15) is 0 Å². The Morgan fingerprint density at radius 2 is 1.82 bits per heavy atom. The Morgan fingerprint density at radius 3 is 2.41 bits per heavy atom. The summed E-state index contributed by atoms with van der Waals surface area (Å²) in [5.41, 5.74) is 1.47. The lowest BCUT2D eigenvalue weighted by Crippen LogP contribution is -1.89. The second-order valence-electron chi connectivity index (χ2n) is 3.70. The molecule has 0 radical (unpaired) electrons. The molecule has 0 fully saturated rings. The summed E-state index contributed by atoms with van der Waals surface area (Å²) in [5, 5.41) is 0. The highest BCUT2D eigenvalue weighted by Crippen LogP contribution is 2.25. The molecule has 2 rings (SSSR count). The molecular formula is C14H11FO2. The van der Waals surface area contributed by atoms with Gasteiger partial charge in [0.1, 0.15) is 23.6 Å². The van der Waals surface area contributed by atoms with Crippen molar-refractivity contribution in [3.63, 3.8) is 0 Å². The van der Waals surface area contributed by atoms with Crippen molar-refractivity contribution < 1.29 is 13.9 Å². The van der Waals surface area contributed by atoms with Crippen LogP contribution in [0.4, 0.5) is 4.39 Å². The molecule has 0 spiro atoms. The molecule has 0 N–H and O–H groups in total. The first-order chi connectivity index (χ1) is 8.19. The molecule has 0 aromatic heterocycles. The Balaban J connectivity index is 2.24. The van der Waals surface area contributed by atoms with Crippen LogP contribution < -0.4 is 4.74 Å². The van der Waals surface area contributed by atoms with Crippen molar-refractivity contribution in [1.82, 2.24) is 0 Å².